The first-order chi connectivity index (χ1) is 21.1. The highest BCUT2D eigenvalue weighted by atomic mass is 16.7. The molecule has 2 aromatic carbocycles. The Morgan fingerprint density at radius 3 is 2.70 bits per heavy atom. The van der Waals surface area contributed by atoms with Gasteiger partial charge >= 0.3 is 7.12 Å². The van der Waals surface area contributed by atoms with Gasteiger partial charge in [-0.2, -0.15) is 5.10 Å². The molecule has 7 rings (SSSR count). The van der Waals surface area contributed by atoms with Crippen molar-refractivity contribution in [3.63, 3.8) is 0 Å². The van der Waals surface area contributed by atoms with Crippen molar-refractivity contribution in [3.8, 4) is 11.4 Å². The fourth-order valence-electron chi connectivity index (χ4n) is 7.54. The minimum atomic E-state index is -0.540. The summed E-state index contributed by atoms with van der Waals surface area (Å²) in [4.78, 5) is 29.3. The van der Waals surface area contributed by atoms with Crippen LogP contribution in [0.1, 0.15) is 64.3 Å². The van der Waals surface area contributed by atoms with E-state index in [0.717, 1.165) is 31.2 Å². The van der Waals surface area contributed by atoms with E-state index in [1.807, 2.05) is 30.3 Å². The summed E-state index contributed by atoms with van der Waals surface area (Å²) in [6, 6.07) is 16.0. The first-order valence-electron chi connectivity index (χ1n) is 15.6. The van der Waals surface area contributed by atoms with Gasteiger partial charge in [0.2, 0.25) is 5.91 Å². The smallest absolute Gasteiger partial charge is 0.404 e. The van der Waals surface area contributed by atoms with Crippen molar-refractivity contribution in [3.05, 3.63) is 76.1 Å². The van der Waals surface area contributed by atoms with E-state index in [-0.39, 0.29) is 41.2 Å². The first kappa shape index (κ1) is 30.4. The molecule has 4 fully saturated rings. The largest absolute Gasteiger partial charge is 0.481 e. The number of unbranched alkanes of at least 4 members (excludes halogenated alkanes) is 1. The summed E-state index contributed by atoms with van der Waals surface area (Å²) in [5, 5.41) is 19.2. The molecule has 1 amide bonds. The number of hydrogen-bond acceptors (Lipinski definition) is 8. The van der Waals surface area contributed by atoms with Gasteiger partial charge in [0.1, 0.15) is 12.4 Å². The van der Waals surface area contributed by atoms with Crippen molar-refractivity contribution >= 4 is 18.7 Å². The van der Waals surface area contributed by atoms with Crippen LogP contribution in [0.3, 0.4) is 0 Å². The number of hydrogen-bond donors (Lipinski definition) is 2. The van der Waals surface area contributed by atoms with E-state index in [2.05, 4.69) is 31.2 Å². The summed E-state index contributed by atoms with van der Waals surface area (Å²) in [6.07, 6.45) is 4.96. The number of nitro benzene ring substituents is 1. The van der Waals surface area contributed by atoms with Gasteiger partial charge in [-0.3, -0.25) is 14.9 Å². The number of nitro groups is 1. The summed E-state index contributed by atoms with van der Waals surface area (Å²) in [6.45, 7) is 7.35. The lowest BCUT2D eigenvalue weighted by Crippen LogP contribution is -2.65. The minimum absolute atomic E-state index is 0.0171. The number of nitrogens with two attached hydrogens (primary N) is 1. The van der Waals surface area contributed by atoms with Gasteiger partial charge in [0.05, 0.1) is 22.6 Å². The van der Waals surface area contributed by atoms with Gasteiger partial charge in [-0.15, -0.1) is 0 Å². The van der Waals surface area contributed by atoms with E-state index >= 15 is 0 Å². The molecule has 5 unspecified atom stereocenters. The Hall–Kier alpha value is -3.61. The van der Waals surface area contributed by atoms with Gasteiger partial charge in [-0.1, -0.05) is 62.7 Å². The molecule has 3 saturated carbocycles. The highest BCUT2D eigenvalue weighted by Crippen LogP contribution is 2.65. The lowest BCUT2D eigenvalue weighted by atomic mass is 9.43. The van der Waals surface area contributed by atoms with Gasteiger partial charge in [0, 0.05) is 24.1 Å². The standard InChI is InChI=1S/C32H41BN6O5/c1-31(2)23-18-25(31)32(3)26(19-23)43-33(44-32)27(14-7-8-15-34)35-29(40)20-38-28(16-21-10-5-4-6-11-21)36-30(37-38)22-12-9-13-24(17-22)39(41)42/h4-6,9-13,17,23,25-27H,7-8,14-16,18-20,34H2,1-3H3,(H,35,40). The molecule has 1 aliphatic heterocycles. The summed E-state index contributed by atoms with van der Waals surface area (Å²) >= 11 is 0. The molecule has 1 aromatic heterocycles. The number of non-ortho nitro benzene ring substituents is 1. The zero-order chi connectivity index (χ0) is 31.1. The normalized spacial score (nSPS) is 25.6. The number of benzene rings is 2. The maximum Gasteiger partial charge on any atom is 0.481 e. The summed E-state index contributed by atoms with van der Waals surface area (Å²) in [5.74, 6) is 1.40. The van der Waals surface area contributed by atoms with Gasteiger partial charge in [-0.25, -0.2) is 9.67 Å². The van der Waals surface area contributed by atoms with Crippen LogP contribution in [0.5, 0.6) is 0 Å². The topological polar surface area (TPSA) is 147 Å². The van der Waals surface area contributed by atoms with Crippen molar-refractivity contribution < 1.29 is 19.0 Å². The van der Waals surface area contributed by atoms with Crippen LogP contribution in [0.15, 0.2) is 54.6 Å². The predicted molar refractivity (Wildman–Crippen MR) is 166 cm³/mol. The van der Waals surface area contributed by atoms with Crippen LogP contribution in [0, 0.1) is 27.4 Å². The summed E-state index contributed by atoms with van der Waals surface area (Å²) < 4.78 is 14.8. The molecule has 11 nitrogen and oxygen atoms in total. The van der Waals surface area contributed by atoms with E-state index in [4.69, 9.17) is 20.0 Å². The van der Waals surface area contributed by atoms with Crippen LogP contribution in [-0.2, 0) is 27.1 Å². The second-order valence-electron chi connectivity index (χ2n) is 13.3. The monoisotopic (exact) mass is 600 g/mol. The van der Waals surface area contributed by atoms with Crippen LogP contribution in [0.25, 0.3) is 11.4 Å². The molecule has 12 heteroatoms. The Labute approximate surface area is 258 Å². The average molecular weight is 601 g/mol. The van der Waals surface area contributed by atoms with Crippen LogP contribution in [0.2, 0.25) is 0 Å². The molecule has 3 N–H and O–H groups in total. The molecule has 1 saturated heterocycles. The highest BCUT2D eigenvalue weighted by Gasteiger charge is 2.68. The van der Waals surface area contributed by atoms with E-state index in [0.29, 0.717) is 48.4 Å². The zero-order valence-corrected chi connectivity index (χ0v) is 25.6. The third-order valence-electron chi connectivity index (χ3n) is 10.2. The molecular formula is C32H41BN6O5. The third kappa shape index (κ3) is 5.78. The molecular weight excluding hydrogens is 559 g/mol. The fraction of sp³-hybridized carbons (Fsp3) is 0.531. The van der Waals surface area contributed by atoms with Crippen molar-refractivity contribution in [1.82, 2.24) is 20.1 Å². The fourth-order valence-corrected chi connectivity index (χ4v) is 7.54. The maximum absolute atomic E-state index is 13.7. The number of rotatable bonds is 12. The SMILES string of the molecule is CC1(C)C2CC3OB(C(CCCCN)NC(=O)Cn4nc(-c5cccc([N+](=O)[O-])c5)nc4Cc4ccccc4)OC3(C)C1C2. The molecule has 2 bridgehead atoms. The Balaban J connectivity index is 1.22. The van der Waals surface area contributed by atoms with E-state index in [9.17, 15) is 14.9 Å². The number of carbonyl (C=O) groups excluding carboxylic acids is 1. The molecule has 3 aromatic rings. The van der Waals surface area contributed by atoms with Crippen molar-refractivity contribution in [1.29, 1.82) is 0 Å². The number of carbonyl (C=O) groups is 1. The molecule has 4 aliphatic rings. The molecule has 0 spiro atoms. The molecule has 232 valence electrons. The van der Waals surface area contributed by atoms with Crippen LogP contribution in [-0.4, -0.2) is 56.9 Å². The first-order valence-corrected chi connectivity index (χ1v) is 15.6. The maximum atomic E-state index is 13.7. The third-order valence-corrected chi connectivity index (χ3v) is 10.2. The average Bonchev–Trinajstić information content (AvgIpc) is 3.57. The summed E-state index contributed by atoms with van der Waals surface area (Å²) in [7, 11) is -0.540. The zero-order valence-electron chi connectivity index (χ0n) is 25.6. The Morgan fingerprint density at radius 2 is 1.98 bits per heavy atom. The van der Waals surface area contributed by atoms with E-state index in [1.165, 1.54) is 12.1 Å². The van der Waals surface area contributed by atoms with E-state index < -0.39 is 12.0 Å². The van der Waals surface area contributed by atoms with Gasteiger partial charge in [0.25, 0.3) is 5.69 Å². The van der Waals surface area contributed by atoms with Crippen LogP contribution < -0.4 is 11.1 Å². The van der Waals surface area contributed by atoms with Crippen molar-refractivity contribution in [2.75, 3.05) is 6.54 Å². The van der Waals surface area contributed by atoms with Gasteiger partial charge < -0.3 is 20.4 Å². The van der Waals surface area contributed by atoms with Crippen molar-refractivity contribution in [2.24, 2.45) is 23.0 Å². The van der Waals surface area contributed by atoms with Gasteiger partial charge in [-0.05, 0) is 62.0 Å². The molecule has 2 heterocycles. The Kier molecular flexibility index (Phi) is 8.34. The second kappa shape index (κ2) is 12.1. The lowest BCUT2D eigenvalue weighted by Gasteiger charge is -2.64. The molecule has 44 heavy (non-hydrogen) atoms. The highest BCUT2D eigenvalue weighted by molar-refractivity contribution is 6.47. The minimum Gasteiger partial charge on any atom is -0.404 e. The molecule has 5 atom stereocenters. The summed E-state index contributed by atoms with van der Waals surface area (Å²) in [5.41, 5.74) is 7.12. The predicted octanol–water partition coefficient (Wildman–Crippen LogP) is 4.33. The Morgan fingerprint density at radius 1 is 1.18 bits per heavy atom. The Bertz CT molecular complexity index is 1520. The van der Waals surface area contributed by atoms with Crippen LogP contribution in [0.4, 0.5) is 5.69 Å². The molecule has 0 radical (unpaired) electrons. The van der Waals surface area contributed by atoms with E-state index in [1.54, 1.807) is 16.8 Å². The number of aromatic nitrogens is 3. The lowest BCUT2D eigenvalue weighted by molar-refractivity contribution is -0.384. The molecule has 3 aliphatic carbocycles. The number of amides is 1. The quantitative estimate of drug-likeness (QED) is 0.135. The number of nitrogens with zero attached hydrogens (tertiary/aromatic N) is 4. The van der Waals surface area contributed by atoms with Gasteiger partial charge in [0.15, 0.2) is 5.82 Å². The van der Waals surface area contributed by atoms with Crippen LogP contribution >= 0.6 is 0 Å². The van der Waals surface area contributed by atoms with Crippen molar-refractivity contribution in [2.45, 2.75) is 83.5 Å². The second-order valence-corrected chi connectivity index (χ2v) is 13.3. The number of nitrogens with one attached hydrogen (secondary N) is 1.